The molecule has 182 valence electrons. The lowest BCUT2D eigenvalue weighted by Gasteiger charge is -2.39. The van der Waals surface area contributed by atoms with Crippen molar-refractivity contribution in [3.8, 4) is 0 Å². The van der Waals surface area contributed by atoms with Crippen LogP contribution in [0.5, 0.6) is 0 Å². The van der Waals surface area contributed by atoms with Crippen molar-refractivity contribution >= 4 is 23.4 Å². The quantitative estimate of drug-likeness (QED) is 0.744. The Labute approximate surface area is 202 Å². The minimum absolute atomic E-state index is 0.131. The number of aryl methyl sites for hydroxylation is 2. The van der Waals surface area contributed by atoms with Crippen molar-refractivity contribution in [2.75, 3.05) is 49.5 Å². The van der Waals surface area contributed by atoms with Gasteiger partial charge in [-0.3, -0.25) is 4.79 Å². The Hall–Kier alpha value is -3.16. The first-order valence-corrected chi connectivity index (χ1v) is 12.3. The van der Waals surface area contributed by atoms with E-state index in [4.69, 9.17) is 4.98 Å². The molecule has 2 fully saturated rings. The molecule has 1 aromatic heterocycles. The highest BCUT2D eigenvalue weighted by atomic mass is 16.2. The van der Waals surface area contributed by atoms with Gasteiger partial charge in [-0.05, 0) is 44.4 Å². The van der Waals surface area contributed by atoms with Gasteiger partial charge < -0.3 is 20.0 Å². The lowest BCUT2D eigenvalue weighted by Crippen LogP contribution is -2.53. The second-order valence-corrected chi connectivity index (χ2v) is 9.78. The molecule has 2 aliphatic rings. The number of urea groups is 1. The first-order chi connectivity index (χ1) is 16.3. The van der Waals surface area contributed by atoms with E-state index in [1.54, 1.807) is 4.90 Å². The summed E-state index contributed by atoms with van der Waals surface area (Å²) in [7, 11) is 0. The Balaban J connectivity index is 1.32. The number of amides is 3. The van der Waals surface area contributed by atoms with Gasteiger partial charge in [-0.25, -0.2) is 14.8 Å². The number of nitrogens with zero attached hydrogens (tertiary/aromatic N) is 5. The third-order valence-corrected chi connectivity index (χ3v) is 6.62. The van der Waals surface area contributed by atoms with Crippen molar-refractivity contribution in [2.24, 2.45) is 5.92 Å². The van der Waals surface area contributed by atoms with E-state index in [1.807, 2.05) is 49.1 Å². The molecule has 1 unspecified atom stereocenters. The first kappa shape index (κ1) is 24.0. The summed E-state index contributed by atoms with van der Waals surface area (Å²) in [6.07, 6.45) is 1.67. The number of hydrogen-bond donors (Lipinski definition) is 1. The molecule has 8 heteroatoms. The summed E-state index contributed by atoms with van der Waals surface area (Å²) in [6.45, 7) is 12.2. The zero-order chi connectivity index (χ0) is 24.2. The van der Waals surface area contributed by atoms with Gasteiger partial charge in [0.05, 0.1) is 5.92 Å². The summed E-state index contributed by atoms with van der Waals surface area (Å²) in [5.41, 5.74) is 2.86. The van der Waals surface area contributed by atoms with Crippen LogP contribution in [-0.4, -0.2) is 71.0 Å². The maximum Gasteiger partial charge on any atom is 0.321 e. The third-order valence-electron chi connectivity index (χ3n) is 6.62. The molecule has 34 heavy (non-hydrogen) atoms. The lowest BCUT2D eigenvalue weighted by molar-refractivity contribution is -0.137. The summed E-state index contributed by atoms with van der Waals surface area (Å²) in [5, 5.41) is 2.98. The standard InChI is InChI=1S/C26H36N6O2/c1-18(2)24-27-20(4)16-23(29-24)30-11-13-31(14-12-30)25(33)21-8-6-10-32(17-21)26(34)28-22-9-5-7-19(3)15-22/h5,7,9,15-16,18,21H,6,8,10-14,17H2,1-4H3,(H,28,34). The average Bonchev–Trinajstić information content (AvgIpc) is 2.83. The maximum absolute atomic E-state index is 13.3. The van der Waals surface area contributed by atoms with Crippen LogP contribution in [0.2, 0.25) is 0 Å². The van der Waals surface area contributed by atoms with E-state index in [1.165, 1.54) is 0 Å². The van der Waals surface area contributed by atoms with E-state index in [9.17, 15) is 9.59 Å². The van der Waals surface area contributed by atoms with Gasteiger partial charge in [0.2, 0.25) is 5.91 Å². The van der Waals surface area contributed by atoms with Crippen molar-refractivity contribution in [1.82, 2.24) is 19.8 Å². The maximum atomic E-state index is 13.3. The highest BCUT2D eigenvalue weighted by molar-refractivity contribution is 5.90. The van der Waals surface area contributed by atoms with E-state index < -0.39 is 0 Å². The molecule has 3 heterocycles. The Morgan fingerprint density at radius 3 is 2.47 bits per heavy atom. The Bertz CT molecular complexity index is 1030. The minimum atomic E-state index is -0.141. The van der Waals surface area contributed by atoms with Gasteiger partial charge in [-0.2, -0.15) is 0 Å². The highest BCUT2D eigenvalue weighted by Gasteiger charge is 2.33. The van der Waals surface area contributed by atoms with Gasteiger partial charge in [0, 0.05) is 62.6 Å². The van der Waals surface area contributed by atoms with E-state index >= 15 is 0 Å². The number of hydrogen-bond acceptors (Lipinski definition) is 5. The van der Waals surface area contributed by atoms with Gasteiger partial charge in [0.25, 0.3) is 0 Å². The summed E-state index contributed by atoms with van der Waals surface area (Å²) in [4.78, 5) is 41.4. The number of carbonyl (C=O) groups excluding carboxylic acids is 2. The van der Waals surface area contributed by atoms with E-state index in [-0.39, 0.29) is 23.8 Å². The molecule has 0 aliphatic carbocycles. The predicted molar refractivity (Wildman–Crippen MR) is 134 cm³/mol. The smallest absolute Gasteiger partial charge is 0.321 e. The fraction of sp³-hybridized carbons (Fsp3) is 0.538. The molecule has 0 bridgehead atoms. The van der Waals surface area contributed by atoms with Crippen LogP contribution in [0, 0.1) is 19.8 Å². The number of piperazine rings is 1. The predicted octanol–water partition coefficient (Wildman–Crippen LogP) is 3.81. The average molecular weight is 465 g/mol. The molecule has 3 amide bonds. The molecule has 1 aromatic carbocycles. The number of anilines is 2. The molecule has 0 spiro atoms. The number of benzene rings is 1. The van der Waals surface area contributed by atoms with Crippen LogP contribution in [0.4, 0.5) is 16.3 Å². The molecule has 2 aromatic rings. The van der Waals surface area contributed by atoms with Gasteiger partial charge in [-0.15, -0.1) is 0 Å². The molecule has 4 rings (SSSR count). The number of rotatable bonds is 4. The summed E-state index contributed by atoms with van der Waals surface area (Å²) < 4.78 is 0. The second kappa shape index (κ2) is 10.4. The zero-order valence-electron chi connectivity index (χ0n) is 20.8. The minimum Gasteiger partial charge on any atom is -0.353 e. The van der Waals surface area contributed by atoms with Gasteiger partial charge in [0.1, 0.15) is 11.6 Å². The number of likely N-dealkylation sites (tertiary alicyclic amines) is 1. The number of piperidine rings is 1. The molecule has 2 aliphatic heterocycles. The fourth-order valence-electron chi connectivity index (χ4n) is 4.70. The van der Waals surface area contributed by atoms with Crippen molar-refractivity contribution in [3.63, 3.8) is 0 Å². The Kier molecular flexibility index (Phi) is 7.34. The summed E-state index contributed by atoms with van der Waals surface area (Å²) in [5.74, 6) is 2.10. The molecule has 0 radical (unpaired) electrons. The van der Waals surface area contributed by atoms with E-state index in [0.717, 1.165) is 54.5 Å². The Morgan fingerprint density at radius 2 is 1.76 bits per heavy atom. The molecule has 1 N–H and O–H groups in total. The number of carbonyl (C=O) groups is 2. The molecule has 0 saturated carbocycles. The van der Waals surface area contributed by atoms with Crippen LogP contribution in [0.3, 0.4) is 0 Å². The van der Waals surface area contributed by atoms with Crippen LogP contribution in [-0.2, 0) is 4.79 Å². The molecule has 8 nitrogen and oxygen atoms in total. The van der Waals surface area contributed by atoms with E-state index in [2.05, 4.69) is 29.0 Å². The first-order valence-electron chi connectivity index (χ1n) is 12.3. The lowest BCUT2D eigenvalue weighted by atomic mass is 9.96. The van der Waals surface area contributed by atoms with Crippen molar-refractivity contribution in [2.45, 2.75) is 46.5 Å². The monoisotopic (exact) mass is 464 g/mol. The molecular weight excluding hydrogens is 428 g/mol. The summed E-state index contributed by atoms with van der Waals surface area (Å²) >= 11 is 0. The van der Waals surface area contributed by atoms with E-state index in [0.29, 0.717) is 26.2 Å². The van der Waals surface area contributed by atoms with Crippen molar-refractivity contribution in [1.29, 1.82) is 0 Å². The van der Waals surface area contributed by atoms with Crippen LogP contribution >= 0.6 is 0 Å². The second-order valence-electron chi connectivity index (χ2n) is 9.78. The highest BCUT2D eigenvalue weighted by Crippen LogP contribution is 2.23. The van der Waals surface area contributed by atoms with Crippen LogP contribution < -0.4 is 10.2 Å². The number of nitrogens with one attached hydrogen (secondary N) is 1. The summed E-state index contributed by atoms with van der Waals surface area (Å²) in [6, 6.07) is 9.66. The Morgan fingerprint density at radius 1 is 1.00 bits per heavy atom. The molecule has 2 saturated heterocycles. The van der Waals surface area contributed by atoms with Crippen LogP contribution in [0.15, 0.2) is 30.3 Å². The normalized spacial score (nSPS) is 18.9. The molecule has 1 atom stereocenters. The van der Waals surface area contributed by atoms with Crippen molar-refractivity contribution < 1.29 is 9.59 Å². The zero-order valence-corrected chi connectivity index (χ0v) is 20.8. The van der Waals surface area contributed by atoms with Crippen LogP contribution in [0.1, 0.15) is 49.7 Å². The fourth-order valence-corrected chi connectivity index (χ4v) is 4.70. The van der Waals surface area contributed by atoms with Gasteiger partial charge >= 0.3 is 6.03 Å². The van der Waals surface area contributed by atoms with Crippen LogP contribution in [0.25, 0.3) is 0 Å². The largest absolute Gasteiger partial charge is 0.353 e. The van der Waals surface area contributed by atoms with Crippen molar-refractivity contribution in [3.05, 3.63) is 47.4 Å². The van der Waals surface area contributed by atoms with Gasteiger partial charge in [-0.1, -0.05) is 26.0 Å². The topological polar surface area (TPSA) is 81.7 Å². The third kappa shape index (κ3) is 5.66. The molecular formula is C26H36N6O2. The number of aromatic nitrogens is 2. The van der Waals surface area contributed by atoms with Gasteiger partial charge in [0.15, 0.2) is 0 Å². The SMILES string of the molecule is Cc1cccc(NC(=O)N2CCCC(C(=O)N3CCN(c4cc(C)nc(C(C)C)n4)CC3)C2)c1.